The molecule has 0 aliphatic heterocycles. The number of aliphatic hydroxyl groups excluding tert-OH is 2. The van der Waals surface area contributed by atoms with Crippen LogP contribution in [0.1, 0.15) is 232 Å². The average Bonchev–Trinajstić information content (AvgIpc) is 3.16. The minimum atomic E-state index is -0.162. The molecule has 0 aromatic carbocycles. The van der Waals surface area contributed by atoms with Crippen molar-refractivity contribution >= 4 is 0 Å². The van der Waals surface area contributed by atoms with Crippen molar-refractivity contribution < 1.29 is 29.2 Å². The normalized spacial score (nSPS) is 12.9. The van der Waals surface area contributed by atoms with E-state index in [1.54, 1.807) is 0 Å². The summed E-state index contributed by atoms with van der Waals surface area (Å²) in [6.45, 7) is 8.74. The summed E-state index contributed by atoms with van der Waals surface area (Å²) in [7, 11) is 0. The van der Waals surface area contributed by atoms with Gasteiger partial charge in [0, 0.05) is 26.4 Å². The molecule has 0 heterocycles. The van der Waals surface area contributed by atoms with Gasteiger partial charge in [0.1, 0.15) is 12.2 Å². The summed E-state index contributed by atoms with van der Waals surface area (Å²) in [4.78, 5) is 0. The van der Waals surface area contributed by atoms with Crippen molar-refractivity contribution in [1.82, 2.24) is 0 Å². The Labute approximate surface area is 325 Å². The first-order valence-corrected chi connectivity index (χ1v) is 23.4. The van der Waals surface area contributed by atoms with E-state index in [1.807, 2.05) is 0 Å². The fraction of sp³-hybridized carbons (Fsp3) is 1.00. The maximum atomic E-state index is 9.57. The zero-order chi connectivity index (χ0) is 37.7. The second kappa shape index (κ2) is 46.9. The highest BCUT2D eigenvalue weighted by Gasteiger charge is 2.09. The lowest BCUT2D eigenvalue weighted by atomic mass is 10.0. The minimum absolute atomic E-state index is 0.0553. The Kier molecular flexibility index (Phi) is 46.7. The summed E-state index contributed by atoms with van der Waals surface area (Å²) in [5.74, 6) is 0. The Hall–Kier alpha value is -0.240. The third-order valence-corrected chi connectivity index (χ3v) is 10.5. The molecule has 0 bridgehead atoms. The van der Waals surface area contributed by atoms with Crippen molar-refractivity contribution in [3.63, 3.8) is 0 Å². The molecule has 52 heavy (non-hydrogen) atoms. The van der Waals surface area contributed by atoms with Crippen LogP contribution >= 0.6 is 0 Å². The second-order valence-electron chi connectivity index (χ2n) is 15.8. The minimum Gasteiger partial charge on any atom is -0.394 e. The molecule has 0 unspecified atom stereocenters. The average molecular weight is 743 g/mol. The molecule has 0 amide bonds. The topological polar surface area (TPSA) is 77.4 Å². The maximum Gasteiger partial charge on any atom is 0.104 e. The molecular weight excluding hydrogens is 649 g/mol. The van der Waals surface area contributed by atoms with E-state index in [0.29, 0.717) is 13.2 Å². The van der Waals surface area contributed by atoms with Gasteiger partial charge in [-0.1, -0.05) is 206 Å². The summed E-state index contributed by atoms with van der Waals surface area (Å²) < 4.78 is 23.2. The van der Waals surface area contributed by atoms with Crippen LogP contribution in [0.15, 0.2) is 0 Å². The van der Waals surface area contributed by atoms with Crippen molar-refractivity contribution in [1.29, 1.82) is 0 Å². The summed E-state index contributed by atoms with van der Waals surface area (Å²) >= 11 is 0. The van der Waals surface area contributed by atoms with E-state index in [4.69, 9.17) is 18.9 Å². The van der Waals surface area contributed by atoms with E-state index < -0.39 is 0 Å². The second-order valence-corrected chi connectivity index (χ2v) is 15.8. The molecule has 0 rings (SSSR count). The largest absolute Gasteiger partial charge is 0.394 e. The molecule has 6 heteroatoms. The highest BCUT2D eigenvalue weighted by molar-refractivity contribution is 4.57. The summed E-state index contributed by atoms with van der Waals surface area (Å²) in [6.07, 6.45) is 44.6. The van der Waals surface area contributed by atoms with Crippen LogP contribution in [0.5, 0.6) is 0 Å². The zero-order valence-electron chi connectivity index (χ0n) is 35.4. The Balaban J connectivity index is 3.27. The van der Waals surface area contributed by atoms with Crippen LogP contribution in [0.25, 0.3) is 0 Å². The summed E-state index contributed by atoms with van der Waals surface area (Å²) in [5, 5.41) is 19.1. The molecule has 2 atom stereocenters. The van der Waals surface area contributed by atoms with Crippen LogP contribution in [0.3, 0.4) is 0 Å². The van der Waals surface area contributed by atoms with E-state index in [0.717, 1.165) is 52.1 Å². The van der Waals surface area contributed by atoms with E-state index in [1.165, 1.54) is 193 Å². The van der Waals surface area contributed by atoms with Gasteiger partial charge in [-0.3, -0.25) is 0 Å². The molecule has 0 aliphatic rings. The first-order valence-electron chi connectivity index (χ1n) is 23.4. The third kappa shape index (κ3) is 42.5. The molecule has 0 aromatic rings. The van der Waals surface area contributed by atoms with Gasteiger partial charge < -0.3 is 29.2 Å². The lowest BCUT2D eigenvalue weighted by Gasteiger charge is -2.15. The predicted molar refractivity (Wildman–Crippen MR) is 224 cm³/mol. The number of aliphatic hydroxyl groups is 2. The molecule has 0 aromatic heterocycles. The van der Waals surface area contributed by atoms with Gasteiger partial charge in [0.05, 0.1) is 26.4 Å². The Morgan fingerprint density at radius 3 is 0.731 bits per heavy atom. The van der Waals surface area contributed by atoms with E-state index in [-0.39, 0.29) is 25.4 Å². The smallest absolute Gasteiger partial charge is 0.104 e. The van der Waals surface area contributed by atoms with Gasteiger partial charge in [0.2, 0.25) is 0 Å². The van der Waals surface area contributed by atoms with Crippen molar-refractivity contribution in [2.24, 2.45) is 0 Å². The Bertz CT molecular complexity index is 568. The van der Waals surface area contributed by atoms with Crippen LogP contribution in [0.2, 0.25) is 0 Å². The number of hydrogen-bond donors (Lipinski definition) is 2. The molecule has 0 saturated carbocycles. The van der Waals surface area contributed by atoms with Gasteiger partial charge in [0.25, 0.3) is 0 Å². The Morgan fingerprint density at radius 1 is 0.288 bits per heavy atom. The summed E-state index contributed by atoms with van der Waals surface area (Å²) in [6, 6.07) is 0. The molecule has 0 saturated heterocycles. The van der Waals surface area contributed by atoms with Gasteiger partial charge in [-0.15, -0.1) is 0 Å². The van der Waals surface area contributed by atoms with E-state index >= 15 is 0 Å². The molecule has 0 spiro atoms. The van der Waals surface area contributed by atoms with Crippen LogP contribution in [0.4, 0.5) is 0 Å². The molecule has 6 nitrogen and oxygen atoms in total. The Morgan fingerprint density at radius 2 is 0.500 bits per heavy atom. The third-order valence-electron chi connectivity index (χ3n) is 10.5. The van der Waals surface area contributed by atoms with Crippen LogP contribution in [0, 0.1) is 0 Å². The van der Waals surface area contributed by atoms with E-state index in [9.17, 15) is 10.2 Å². The van der Waals surface area contributed by atoms with Gasteiger partial charge in [0.15, 0.2) is 0 Å². The van der Waals surface area contributed by atoms with Crippen LogP contribution in [-0.4, -0.2) is 75.3 Å². The molecule has 0 aliphatic carbocycles. The van der Waals surface area contributed by atoms with E-state index in [2.05, 4.69) is 13.8 Å². The van der Waals surface area contributed by atoms with Crippen LogP contribution in [-0.2, 0) is 18.9 Å². The molecule has 0 fully saturated rings. The lowest BCUT2D eigenvalue weighted by molar-refractivity contribution is -0.0437. The molecule has 2 N–H and O–H groups in total. The van der Waals surface area contributed by atoms with Crippen molar-refractivity contribution in [2.75, 3.05) is 52.9 Å². The van der Waals surface area contributed by atoms with Crippen LogP contribution < -0.4 is 0 Å². The zero-order valence-corrected chi connectivity index (χ0v) is 35.4. The highest BCUT2D eigenvalue weighted by Crippen LogP contribution is 2.15. The van der Waals surface area contributed by atoms with Crippen molar-refractivity contribution in [3.05, 3.63) is 0 Å². The molecular formula is C46H94O6. The van der Waals surface area contributed by atoms with Gasteiger partial charge in [-0.2, -0.15) is 0 Å². The van der Waals surface area contributed by atoms with Crippen molar-refractivity contribution in [2.45, 2.75) is 244 Å². The van der Waals surface area contributed by atoms with Gasteiger partial charge in [-0.05, 0) is 25.7 Å². The molecule has 0 radical (unpaired) electrons. The highest BCUT2D eigenvalue weighted by atomic mass is 16.5. The summed E-state index contributed by atoms with van der Waals surface area (Å²) in [5.41, 5.74) is 0. The monoisotopic (exact) mass is 743 g/mol. The fourth-order valence-electron chi connectivity index (χ4n) is 6.95. The number of hydrogen-bond acceptors (Lipinski definition) is 6. The van der Waals surface area contributed by atoms with Gasteiger partial charge in [-0.25, -0.2) is 0 Å². The lowest BCUT2D eigenvalue weighted by Crippen LogP contribution is -2.24. The van der Waals surface area contributed by atoms with Crippen molar-refractivity contribution in [3.8, 4) is 0 Å². The maximum absolute atomic E-state index is 9.57. The number of ether oxygens (including phenoxy) is 4. The molecule has 314 valence electrons. The fourth-order valence-corrected chi connectivity index (χ4v) is 6.95. The SMILES string of the molecule is CCCCCCCCCCO[C@H](CO)COCCCCCCCCCCCCCCCCCCCCOC[C@@H](CO)OCCCCCCCCCC. The predicted octanol–water partition coefficient (Wildman–Crippen LogP) is 13.1. The number of unbranched alkanes of at least 4 members (excludes halogenated alkanes) is 31. The quantitative estimate of drug-likeness (QED) is 0.0605. The van der Waals surface area contributed by atoms with Gasteiger partial charge >= 0.3 is 0 Å². The number of rotatable bonds is 47. The first-order chi connectivity index (χ1) is 25.8. The standard InChI is InChI=1S/C46H94O6/c1-3-5-7-9-11-27-31-35-39-51-45(41-47)43-49-37-33-29-25-23-21-19-17-15-13-14-16-18-20-22-24-26-30-34-38-50-44-46(42-48)52-40-36-32-28-12-10-8-6-4-2/h45-48H,3-44H2,1-2H3/t45-,46-/m1/s1. The first kappa shape index (κ1) is 51.8.